The lowest BCUT2D eigenvalue weighted by atomic mass is 10.0. The lowest BCUT2D eigenvalue weighted by Crippen LogP contribution is -2.34. The van der Waals surface area contributed by atoms with Gasteiger partial charge in [0.25, 0.3) is 0 Å². The number of hydrogen-bond donors (Lipinski definition) is 1. The molecule has 3 aromatic heterocycles. The quantitative estimate of drug-likeness (QED) is 0.432. The molecule has 0 radical (unpaired) electrons. The van der Waals surface area contributed by atoms with E-state index in [1.54, 1.807) is 24.6 Å². The van der Waals surface area contributed by atoms with Crippen LogP contribution in [0.5, 0.6) is 5.75 Å². The first-order valence-electron chi connectivity index (χ1n) is 10.9. The van der Waals surface area contributed by atoms with Gasteiger partial charge in [-0.2, -0.15) is 0 Å². The van der Waals surface area contributed by atoms with Crippen molar-refractivity contribution in [2.75, 3.05) is 19.0 Å². The molecule has 0 amide bonds. The number of hydrogen-bond acceptors (Lipinski definition) is 8. The average Bonchev–Trinajstić information content (AvgIpc) is 3.31. The molecule has 1 aliphatic rings. The molecule has 5 rings (SSSR count). The number of thiazole rings is 1. The van der Waals surface area contributed by atoms with Crippen molar-refractivity contribution in [1.82, 2.24) is 24.8 Å². The first-order chi connectivity index (χ1) is 15.7. The van der Waals surface area contributed by atoms with E-state index in [0.717, 1.165) is 64.3 Å². The molecule has 1 saturated heterocycles. The molecule has 4 heterocycles. The Morgan fingerprint density at radius 3 is 2.94 bits per heavy atom. The van der Waals surface area contributed by atoms with Crippen molar-refractivity contribution in [2.24, 2.45) is 0 Å². The summed E-state index contributed by atoms with van der Waals surface area (Å²) in [6.07, 6.45) is 5.17. The van der Waals surface area contributed by atoms with E-state index in [2.05, 4.69) is 33.4 Å². The van der Waals surface area contributed by atoms with Crippen LogP contribution in [-0.4, -0.2) is 38.5 Å². The Balaban J connectivity index is 1.42. The van der Waals surface area contributed by atoms with E-state index in [1.807, 2.05) is 30.5 Å². The Labute approximate surface area is 191 Å². The summed E-state index contributed by atoms with van der Waals surface area (Å²) in [7, 11) is 1.69. The van der Waals surface area contributed by atoms with Gasteiger partial charge >= 0.3 is 0 Å². The predicted octanol–water partition coefficient (Wildman–Crippen LogP) is 5.27. The van der Waals surface area contributed by atoms with E-state index < -0.39 is 0 Å². The van der Waals surface area contributed by atoms with E-state index in [1.165, 1.54) is 12.8 Å². The fraction of sp³-hybridized carbons (Fsp3) is 0.333. The maximum Gasteiger partial charge on any atom is 0.188 e. The number of benzene rings is 1. The SMILES string of the molecule is COc1cccc2ccc(CN3CCCCC3c3nc(C)cc(Nc4nccs4)n3)nc12. The van der Waals surface area contributed by atoms with Gasteiger partial charge < -0.3 is 10.1 Å². The first-order valence-corrected chi connectivity index (χ1v) is 11.8. The number of ether oxygens (including phenoxy) is 1. The smallest absolute Gasteiger partial charge is 0.188 e. The standard InChI is InChI=1S/C24H26N6OS/c1-16-14-21(29-24-25-11-13-32-24)28-23(26-16)19-7-3-4-12-30(19)15-18-10-9-17-6-5-8-20(31-2)22(17)27-18/h5-6,8-11,13-14,19H,3-4,7,12,15H2,1-2H3,(H,25,26,28,29). The van der Waals surface area contributed by atoms with Crippen molar-refractivity contribution < 1.29 is 4.74 Å². The molecule has 4 aromatic rings. The molecule has 1 atom stereocenters. The summed E-state index contributed by atoms with van der Waals surface area (Å²) >= 11 is 1.56. The molecule has 0 bridgehead atoms. The molecule has 164 valence electrons. The second-order valence-corrected chi connectivity index (χ2v) is 8.93. The summed E-state index contributed by atoms with van der Waals surface area (Å²) in [5, 5.41) is 7.19. The van der Waals surface area contributed by atoms with Gasteiger partial charge in [0.05, 0.1) is 18.8 Å². The number of aromatic nitrogens is 4. The van der Waals surface area contributed by atoms with E-state index in [4.69, 9.17) is 19.7 Å². The first kappa shape index (κ1) is 20.8. The zero-order valence-electron chi connectivity index (χ0n) is 18.3. The minimum atomic E-state index is 0.163. The van der Waals surface area contributed by atoms with Crippen LogP contribution in [0, 0.1) is 6.92 Å². The highest BCUT2D eigenvalue weighted by Gasteiger charge is 2.27. The van der Waals surface area contributed by atoms with Crippen LogP contribution in [0.3, 0.4) is 0 Å². The van der Waals surface area contributed by atoms with Crippen LogP contribution in [0.4, 0.5) is 10.9 Å². The molecule has 0 aliphatic carbocycles. The number of methoxy groups -OCH3 is 1. The maximum atomic E-state index is 5.52. The molecule has 1 unspecified atom stereocenters. The van der Waals surface area contributed by atoms with Crippen molar-refractivity contribution in [3.63, 3.8) is 0 Å². The lowest BCUT2D eigenvalue weighted by molar-refractivity contribution is 0.132. The topological polar surface area (TPSA) is 76.1 Å². The van der Waals surface area contributed by atoms with Gasteiger partial charge in [-0.05, 0) is 38.4 Å². The Morgan fingerprint density at radius 1 is 1.16 bits per heavy atom. The van der Waals surface area contributed by atoms with Gasteiger partial charge in [0.15, 0.2) is 5.13 Å². The average molecular weight is 447 g/mol. The van der Waals surface area contributed by atoms with E-state index in [9.17, 15) is 0 Å². The number of anilines is 2. The largest absolute Gasteiger partial charge is 0.494 e. The maximum absolute atomic E-state index is 5.52. The molecule has 32 heavy (non-hydrogen) atoms. The van der Waals surface area contributed by atoms with Crippen LogP contribution < -0.4 is 10.1 Å². The molecule has 0 spiro atoms. The molecule has 1 fully saturated rings. The second kappa shape index (κ2) is 9.18. The third-order valence-electron chi connectivity index (χ3n) is 5.78. The summed E-state index contributed by atoms with van der Waals surface area (Å²) in [6, 6.07) is 12.4. The van der Waals surface area contributed by atoms with Gasteiger partial charge in [0, 0.05) is 35.3 Å². The van der Waals surface area contributed by atoms with Crippen LogP contribution in [0.15, 0.2) is 48.0 Å². The Morgan fingerprint density at radius 2 is 2.09 bits per heavy atom. The highest BCUT2D eigenvalue weighted by atomic mass is 32.1. The van der Waals surface area contributed by atoms with Crippen molar-refractivity contribution >= 4 is 33.2 Å². The molecule has 0 saturated carbocycles. The number of nitrogens with zero attached hydrogens (tertiary/aromatic N) is 5. The van der Waals surface area contributed by atoms with Gasteiger partial charge in [0.2, 0.25) is 0 Å². The normalized spacial score (nSPS) is 16.9. The molecular formula is C24H26N6OS. The highest BCUT2D eigenvalue weighted by molar-refractivity contribution is 7.13. The number of piperidine rings is 1. The molecule has 1 aliphatic heterocycles. The summed E-state index contributed by atoms with van der Waals surface area (Å²) in [6.45, 7) is 3.77. The summed E-state index contributed by atoms with van der Waals surface area (Å²) < 4.78 is 5.52. The fourth-order valence-corrected chi connectivity index (χ4v) is 4.83. The Hall–Kier alpha value is -3.10. The van der Waals surface area contributed by atoms with Crippen molar-refractivity contribution in [1.29, 1.82) is 0 Å². The molecule has 1 N–H and O–H groups in total. The van der Waals surface area contributed by atoms with Crippen molar-refractivity contribution in [3.8, 4) is 5.75 Å². The number of fused-ring (bicyclic) bond motifs is 1. The van der Waals surface area contributed by atoms with Crippen LogP contribution in [0.25, 0.3) is 10.9 Å². The van der Waals surface area contributed by atoms with Gasteiger partial charge in [-0.15, -0.1) is 11.3 Å². The van der Waals surface area contributed by atoms with Gasteiger partial charge in [-0.25, -0.2) is 19.9 Å². The van der Waals surface area contributed by atoms with E-state index in [0.29, 0.717) is 0 Å². The second-order valence-electron chi connectivity index (χ2n) is 8.03. The zero-order valence-corrected chi connectivity index (χ0v) is 19.1. The zero-order chi connectivity index (χ0) is 21.9. The predicted molar refractivity (Wildman–Crippen MR) is 127 cm³/mol. The number of pyridine rings is 1. The number of nitrogens with one attached hydrogen (secondary N) is 1. The molecule has 8 heteroatoms. The van der Waals surface area contributed by atoms with Crippen LogP contribution in [0.2, 0.25) is 0 Å². The lowest BCUT2D eigenvalue weighted by Gasteiger charge is -2.34. The van der Waals surface area contributed by atoms with E-state index >= 15 is 0 Å². The number of rotatable bonds is 6. The minimum Gasteiger partial charge on any atom is -0.494 e. The number of para-hydroxylation sites is 1. The molecule has 1 aromatic carbocycles. The summed E-state index contributed by atoms with van der Waals surface area (Å²) in [5.74, 6) is 2.46. The monoisotopic (exact) mass is 446 g/mol. The summed E-state index contributed by atoms with van der Waals surface area (Å²) in [5.41, 5.74) is 2.89. The highest BCUT2D eigenvalue weighted by Crippen LogP contribution is 2.32. The van der Waals surface area contributed by atoms with Crippen molar-refractivity contribution in [2.45, 2.75) is 38.8 Å². The van der Waals surface area contributed by atoms with Gasteiger partial charge in [0.1, 0.15) is 22.9 Å². The Bertz CT molecular complexity index is 1210. The number of likely N-dealkylation sites (tertiary alicyclic amines) is 1. The minimum absolute atomic E-state index is 0.163. The molecule has 7 nitrogen and oxygen atoms in total. The van der Waals surface area contributed by atoms with Gasteiger partial charge in [-0.1, -0.05) is 24.6 Å². The Kier molecular flexibility index (Phi) is 5.96. The summed E-state index contributed by atoms with van der Waals surface area (Å²) in [4.78, 5) is 21.4. The third-order valence-corrected chi connectivity index (χ3v) is 6.46. The van der Waals surface area contributed by atoms with Crippen LogP contribution in [-0.2, 0) is 6.54 Å². The fourth-order valence-electron chi connectivity index (χ4n) is 4.29. The van der Waals surface area contributed by atoms with Gasteiger partial charge in [-0.3, -0.25) is 4.90 Å². The molecular weight excluding hydrogens is 420 g/mol. The van der Waals surface area contributed by atoms with Crippen LogP contribution >= 0.6 is 11.3 Å². The van der Waals surface area contributed by atoms with Crippen molar-refractivity contribution in [3.05, 3.63) is 65.2 Å². The number of aryl methyl sites for hydroxylation is 1. The van der Waals surface area contributed by atoms with Crippen LogP contribution in [0.1, 0.15) is 42.5 Å². The van der Waals surface area contributed by atoms with E-state index in [-0.39, 0.29) is 6.04 Å². The third kappa shape index (κ3) is 4.42.